The molecule has 0 aliphatic heterocycles. The van der Waals surface area contributed by atoms with Crippen molar-refractivity contribution in [3.8, 4) is 0 Å². The van der Waals surface area contributed by atoms with E-state index < -0.39 is 11.7 Å². The number of alkyl halides is 3. The minimum Gasteiger partial charge on any atom is -0.410 e. The molecule has 1 aromatic heterocycles. The van der Waals surface area contributed by atoms with Crippen molar-refractivity contribution < 1.29 is 18.4 Å². The molecule has 0 bridgehead atoms. The molecule has 0 aliphatic carbocycles. The summed E-state index contributed by atoms with van der Waals surface area (Å²) in [4.78, 5) is 0.246. The topological polar surface area (TPSA) is 50.9 Å². The molecule has 8 heteroatoms. The van der Waals surface area contributed by atoms with Gasteiger partial charge in [0.15, 0.2) is 0 Å². The van der Waals surface area contributed by atoms with Crippen LogP contribution in [0.2, 0.25) is 5.02 Å². The number of hydrogen-bond donors (Lipinski definition) is 1. The van der Waals surface area contributed by atoms with E-state index in [4.69, 9.17) is 16.8 Å². The number of halogens is 4. The molecule has 1 N–H and O–H groups in total. The fourth-order valence-corrected chi connectivity index (χ4v) is 1.39. The van der Waals surface area contributed by atoms with E-state index in [1.165, 1.54) is 0 Å². The first-order chi connectivity index (χ1) is 6.89. The maximum Gasteiger partial charge on any atom is 0.416 e. The minimum absolute atomic E-state index is 0.0205. The van der Waals surface area contributed by atoms with E-state index in [1.54, 1.807) is 0 Å². The molecule has 0 radical (unpaired) electrons. The Labute approximate surface area is 85.8 Å². The van der Waals surface area contributed by atoms with Crippen molar-refractivity contribution >= 4 is 22.6 Å². The molecule has 0 atom stereocenters. The van der Waals surface area contributed by atoms with Gasteiger partial charge in [0.1, 0.15) is 11.0 Å². The molecule has 0 amide bonds. The Morgan fingerprint density at radius 1 is 1.33 bits per heavy atom. The first-order valence-electron chi connectivity index (χ1n) is 3.71. The van der Waals surface area contributed by atoms with E-state index in [0.29, 0.717) is 0 Å². The smallest absolute Gasteiger partial charge is 0.410 e. The quantitative estimate of drug-likeness (QED) is 0.716. The Morgan fingerprint density at radius 3 is 2.60 bits per heavy atom. The summed E-state index contributed by atoms with van der Waals surface area (Å²) in [7, 11) is 0. The molecule has 2 rings (SSSR count). The van der Waals surface area contributed by atoms with Gasteiger partial charge in [-0.3, -0.25) is 0 Å². The molecule has 0 aliphatic rings. The number of fused-ring (bicyclic) bond motifs is 1. The van der Waals surface area contributed by atoms with Crippen LogP contribution in [0, 0.1) is 0 Å². The molecule has 1 aromatic carbocycles. The monoisotopic (exact) mass is 237 g/mol. The Bertz CT molecular complexity index is 522. The SMILES string of the molecule is On1nnc2c(Cl)cc(C(F)(F)F)cc21. The summed E-state index contributed by atoms with van der Waals surface area (Å²) >= 11 is 5.55. The molecule has 0 fully saturated rings. The second kappa shape index (κ2) is 2.99. The molecule has 0 spiro atoms. The standard InChI is InChI=1S/C7H3ClF3N3O/c8-4-1-3(7(9,10)11)2-5-6(4)12-13-14(5)15/h1-2,15H. The van der Waals surface area contributed by atoms with Crippen LogP contribution in [0.25, 0.3) is 11.0 Å². The van der Waals surface area contributed by atoms with Crippen LogP contribution >= 0.6 is 11.6 Å². The van der Waals surface area contributed by atoms with E-state index in [0.717, 1.165) is 12.1 Å². The summed E-state index contributed by atoms with van der Waals surface area (Å²) in [5, 5.41) is 15.4. The predicted octanol–water partition coefficient (Wildman–Crippen LogP) is 2.34. The summed E-state index contributed by atoms with van der Waals surface area (Å²) in [6, 6.07) is 1.46. The molecule has 0 saturated heterocycles. The minimum atomic E-state index is -4.53. The lowest BCUT2D eigenvalue weighted by Gasteiger charge is -2.06. The Morgan fingerprint density at radius 2 is 2.00 bits per heavy atom. The Kier molecular flexibility index (Phi) is 2.00. The van der Waals surface area contributed by atoms with Crippen molar-refractivity contribution in [2.75, 3.05) is 0 Å². The highest BCUT2D eigenvalue weighted by Crippen LogP contribution is 2.34. The normalized spacial score (nSPS) is 12.3. The van der Waals surface area contributed by atoms with Gasteiger partial charge in [0.05, 0.1) is 10.6 Å². The van der Waals surface area contributed by atoms with Crippen LogP contribution in [-0.2, 0) is 6.18 Å². The number of aromatic nitrogens is 3. The summed E-state index contributed by atoms with van der Waals surface area (Å²) in [6.07, 6.45) is -4.53. The van der Waals surface area contributed by atoms with Crippen LogP contribution in [0.5, 0.6) is 0 Å². The van der Waals surface area contributed by atoms with Crippen LogP contribution in [0.15, 0.2) is 12.1 Å². The lowest BCUT2D eigenvalue weighted by Crippen LogP contribution is -2.05. The highest BCUT2D eigenvalue weighted by Gasteiger charge is 2.32. The molecule has 0 unspecified atom stereocenters. The van der Waals surface area contributed by atoms with Crippen LogP contribution in [0.1, 0.15) is 5.56 Å². The van der Waals surface area contributed by atoms with Gasteiger partial charge in [-0.25, -0.2) is 0 Å². The van der Waals surface area contributed by atoms with Crippen molar-refractivity contribution in [2.45, 2.75) is 6.18 Å². The fraction of sp³-hybridized carbons (Fsp3) is 0.143. The molecule has 15 heavy (non-hydrogen) atoms. The summed E-state index contributed by atoms with van der Waals surface area (Å²) < 4.78 is 37.0. The van der Waals surface area contributed by atoms with E-state index >= 15 is 0 Å². The third-order valence-corrected chi connectivity index (χ3v) is 2.10. The fourth-order valence-electron chi connectivity index (χ4n) is 1.13. The van der Waals surface area contributed by atoms with E-state index in [1.807, 2.05) is 0 Å². The van der Waals surface area contributed by atoms with Gasteiger partial charge in [0.2, 0.25) is 0 Å². The average molecular weight is 238 g/mol. The van der Waals surface area contributed by atoms with Gasteiger partial charge in [-0.1, -0.05) is 16.4 Å². The number of rotatable bonds is 0. The Balaban J connectivity index is 2.76. The maximum absolute atomic E-state index is 12.3. The van der Waals surface area contributed by atoms with Gasteiger partial charge >= 0.3 is 6.18 Å². The van der Waals surface area contributed by atoms with E-state index in [9.17, 15) is 13.2 Å². The second-order valence-electron chi connectivity index (χ2n) is 2.80. The van der Waals surface area contributed by atoms with E-state index in [-0.39, 0.29) is 20.9 Å². The molecule has 80 valence electrons. The Hall–Kier alpha value is -1.50. The van der Waals surface area contributed by atoms with Gasteiger partial charge in [-0.2, -0.15) is 13.2 Å². The van der Waals surface area contributed by atoms with Crippen molar-refractivity contribution in [3.63, 3.8) is 0 Å². The predicted molar refractivity (Wildman–Crippen MR) is 44.7 cm³/mol. The van der Waals surface area contributed by atoms with Gasteiger partial charge in [-0.15, -0.1) is 5.10 Å². The highest BCUT2D eigenvalue weighted by atomic mass is 35.5. The van der Waals surface area contributed by atoms with Crippen LogP contribution in [0.3, 0.4) is 0 Å². The van der Waals surface area contributed by atoms with Gasteiger partial charge in [-0.05, 0) is 17.3 Å². The van der Waals surface area contributed by atoms with Crippen LogP contribution in [-0.4, -0.2) is 20.4 Å². The van der Waals surface area contributed by atoms with Crippen molar-refractivity contribution in [1.29, 1.82) is 0 Å². The largest absolute Gasteiger partial charge is 0.416 e. The summed E-state index contributed by atoms with van der Waals surface area (Å²) in [6.45, 7) is 0. The molecular formula is C7H3ClF3N3O. The highest BCUT2D eigenvalue weighted by molar-refractivity contribution is 6.35. The first kappa shape index (κ1) is 10.0. The third kappa shape index (κ3) is 1.58. The van der Waals surface area contributed by atoms with Crippen molar-refractivity contribution in [2.24, 2.45) is 0 Å². The van der Waals surface area contributed by atoms with E-state index in [2.05, 4.69) is 10.3 Å². The summed E-state index contributed by atoms with van der Waals surface area (Å²) in [5.41, 5.74) is -1.13. The zero-order valence-electron chi connectivity index (χ0n) is 6.96. The van der Waals surface area contributed by atoms with Crippen LogP contribution in [0.4, 0.5) is 13.2 Å². The molecule has 1 heterocycles. The zero-order chi connectivity index (χ0) is 11.2. The van der Waals surface area contributed by atoms with Gasteiger partial charge in [0.25, 0.3) is 0 Å². The van der Waals surface area contributed by atoms with Gasteiger partial charge < -0.3 is 5.21 Å². The van der Waals surface area contributed by atoms with Crippen molar-refractivity contribution in [3.05, 3.63) is 22.7 Å². The molecule has 2 aromatic rings. The lowest BCUT2D eigenvalue weighted by molar-refractivity contribution is -0.137. The maximum atomic E-state index is 12.3. The molecule has 4 nitrogen and oxygen atoms in total. The molecular weight excluding hydrogens is 235 g/mol. The number of benzene rings is 1. The number of nitrogens with zero attached hydrogens (tertiary/aromatic N) is 3. The number of hydrogen-bond acceptors (Lipinski definition) is 3. The average Bonchev–Trinajstić information content (AvgIpc) is 2.47. The first-order valence-corrected chi connectivity index (χ1v) is 4.09. The summed E-state index contributed by atoms with van der Waals surface area (Å²) in [5.74, 6) is 0. The van der Waals surface area contributed by atoms with Gasteiger partial charge in [0, 0.05) is 0 Å². The zero-order valence-corrected chi connectivity index (χ0v) is 7.71. The van der Waals surface area contributed by atoms with Crippen LogP contribution < -0.4 is 0 Å². The van der Waals surface area contributed by atoms with Crippen molar-refractivity contribution in [1.82, 2.24) is 15.2 Å². The lowest BCUT2D eigenvalue weighted by atomic mass is 10.2. The second-order valence-corrected chi connectivity index (χ2v) is 3.21. The third-order valence-electron chi connectivity index (χ3n) is 1.82. The molecule has 0 saturated carbocycles.